The lowest BCUT2D eigenvalue weighted by molar-refractivity contribution is -0.0980. The van der Waals surface area contributed by atoms with Crippen molar-refractivity contribution in [1.82, 2.24) is 9.78 Å². The Morgan fingerprint density at radius 2 is 2.18 bits per heavy atom. The van der Waals surface area contributed by atoms with Crippen LogP contribution < -0.4 is 0 Å². The molecule has 0 saturated heterocycles. The number of aliphatic hydroxyl groups is 1. The first kappa shape index (κ1) is 14.7. The topological polar surface area (TPSA) is 47.3 Å². The number of methoxy groups -OCH3 is 1. The summed E-state index contributed by atoms with van der Waals surface area (Å²) in [5.41, 5.74) is 0.168. The number of ether oxygens (including phenoxy) is 1. The molecule has 1 rings (SSSR count). The number of halogens is 1. The number of aromatic nitrogens is 2. The first-order valence-corrected chi connectivity index (χ1v) is 6.62. The van der Waals surface area contributed by atoms with E-state index in [2.05, 4.69) is 21.0 Å². The highest BCUT2D eigenvalue weighted by molar-refractivity contribution is 9.10. The Hall–Kier alpha value is -0.390. The number of nitrogens with zero attached hydrogens (tertiary/aromatic N) is 2. The van der Waals surface area contributed by atoms with Gasteiger partial charge in [-0.05, 0) is 43.1 Å². The van der Waals surface area contributed by atoms with Gasteiger partial charge in [-0.25, -0.2) is 0 Å². The third-order valence-electron chi connectivity index (χ3n) is 3.28. The van der Waals surface area contributed by atoms with Crippen molar-refractivity contribution < 1.29 is 9.84 Å². The van der Waals surface area contributed by atoms with Crippen molar-refractivity contribution in [3.8, 4) is 0 Å². The Morgan fingerprint density at radius 1 is 1.59 bits per heavy atom. The number of rotatable bonds is 5. The van der Waals surface area contributed by atoms with Gasteiger partial charge >= 0.3 is 0 Å². The minimum atomic E-state index is -0.711. The van der Waals surface area contributed by atoms with E-state index in [-0.39, 0.29) is 6.04 Å². The lowest BCUT2D eigenvalue weighted by Gasteiger charge is -2.33. The molecule has 17 heavy (non-hydrogen) atoms. The van der Waals surface area contributed by atoms with Crippen LogP contribution in [0.3, 0.4) is 0 Å². The molecular weight excluding hydrogens is 284 g/mol. The molecule has 0 amide bonds. The summed E-state index contributed by atoms with van der Waals surface area (Å²) in [6.45, 7) is 7.97. The van der Waals surface area contributed by atoms with Crippen molar-refractivity contribution in [2.45, 2.75) is 51.9 Å². The highest BCUT2D eigenvalue weighted by Gasteiger charge is 2.36. The zero-order chi connectivity index (χ0) is 13.2. The first-order valence-electron chi connectivity index (χ1n) is 5.83. The highest BCUT2D eigenvalue weighted by atomic mass is 79.9. The summed E-state index contributed by atoms with van der Waals surface area (Å²) in [6, 6.07) is 0.198. The van der Waals surface area contributed by atoms with E-state index in [1.807, 2.05) is 32.4 Å². The van der Waals surface area contributed by atoms with Crippen LogP contribution in [0, 0.1) is 0 Å². The molecule has 0 saturated carbocycles. The Morgan fingerprint density at radius 3 is 2.59 bits per heavy atom. The third-order valence-corrected chi connectivity index (χ3v) is 3.89. The van der Waals surface area contributed by atoms with Crippen LogP contribution in [0.1, 0.15) is 52.0 Å². The van der Waals surface area contributed by atoms with Crippen LogP contribution in [-0.4, -0.2) is 27.6 Å². The predicted octanol–water partition coefficient (Wildman–Crippen LogP) is 3.08. The molecule has 1 aromatic rings. The molecule has 5 heteroatoms. The number of hydrogen-bond acceptors (Lipinski definition) is 3. The standard InChI is InChI=1S/C12H21BrN2O2/c1-6-12(4,17-5)11(16)10-9(13)7-14-15(10)8(2)3/h7-8,11,16H,6H2,1-5H3. The van der Waals surface area contributed by atoms with Gasteiger partial charge in [0.2, 0.25) is 0 Å². The van der Waals surface area contributed by atoms with Gasteiger partial charge in [-0.3, -0.25) is 4.68 Å². The van der Waals surface area contributed by atoms with Gasteiger partial charge in [-0.1, -0.05) is 6.92 Å². The van der Waals surface area contributed by atoms with Gasteiger partial charge in [0.1, 0.15) is 6.10 Å². The van der Waals surface area contributed by atoms with Gasteiger partial charge in [0.25, 0.3) is 0 Å². The SMILES string of the molecule is CCC(C)(OC)C(O)c1c(Br)cnn1C(C)C. The quantitative estimate of drug-likeness (QED) is 0.909. The van der Waals surface area contributed by atoms with E-state index >= 15 is 0 Å². The van der Waals surface area contributed by atoms with Crippen molar-refractivity contribution in [2.75, 3.05) is 7.11 Å². The second-order valence-corrected chi connectivity index (χ2v) is 5.54. The van der Waals surface area contributed by atoms with E-state index in [0.717, 1.165) is 16.6 Å². The summed E-state index contributed by atoms with van der Waals surface area (Å²) < 4.78 is 8.09. The van der Waals surface area contributed by atoms with Gasteiger partial charge in [0.05, 0.1) is 22.0 Å². The maximum absolute atomic E-state index is 10.5. The maximum atomic E-state index is 10.5. The van der Waals surface area contributed by atoms with Gasteiger partial charge in [0.15, 0.2) is 0 Å². The molecule has 2 unspecified atom stereocenters. The molecule has 0 aromatic carbocycles. The smallest absolute Gasteiger partial charge is 0.125 e. The van der Waals surface area contributed by atoms with Crippen molar-refractivity contribution in [1.29, 1.82) is 0 Å². The molecule has 98 valence electrons. The van der Waals surface area contributed by atoms with E-state index in [4.69, 9.17) is 4.74 Å². The van der Waals surface area contributed by atoms with Crippen molar-refractivity contribution in [2.24, 2.45) is 0 Å². The molecule has 4 nitrogen and oxygen atoms in total. The van der Waals surface area contributed by atoms with Crippen molar-refractivity contribution in [3.05, 3.63) is 16.4 Å². The molecule has 0 aliphatic heterocycles. The van der Waals surface area contributed by atoms with Crippen molar-refractivity contribution in [3.63, 3.8) is 0 Å². The van der Waals surface area contributed by atoms with E-state index in [0.29, 0.717) is 0 Å². The van der Waals surface area contributed by atoms with E-state index in [9.17, 15) is 5.11 Å². The molecule has 0 aliphatic carbocycles. The molecular formula is C12H21BrN2O2. The van der Waals surface area contributed by atoms with Crippen LogP contribution in [0.4, 0.5) is 0 Å². The van der Waals surface area contributed by atoms with Crippen LogP contribution in [0.5, 0.6) is 0 Å². The summed E-state index contributed by atoms with van der Waals surface area (Å²) in [4.78, 5) is 0. The fraction of sp³-hybridized carbons (Fsp3) is 0.750. The summed E-state index contributed by atoms with van der Waals surface area (Å²) >= 11 is 3.44. The van der Waals surface area contributed by atoms with E-state index < -0.39 is 11.7 Å². The molecule has 1 N–H and O–H groups in total. The zero-order valence-electron chi connectivity index (χ0n) is 11.1. The fourth-order valence-corrected chi connectivity index (χ4v) is 2.25. The molecule has 0 aliphatic rings. The second kappa shape index (κ2) is 5.50. The van der Waals surface area contributed by atoms with Crippen LogP contribution in [0.2, 0.25) is 0 Å². The molecule has 0 bridgehead atoms. The normalized spacial score (nSPS) is 17.2. The summed E-state index contributed by atoms with van der Waals surface area (Å²) in [5.74, 6) is 0. The summed E-state index contributed by atoms with van der Waals surface area (Å²) in [7, 11) is 1.62. The lowest BCUT2D eigenvalue weighted by Crippen LogP contribution is -2.36. The first-order chi connectivity index (χ1) is 7.87. The Bertz CT molecular complexity index is 373. The molecule has 0 fully saturated rings. The average molecular weight is 305 g/mol. The van der Waals surface area contributed by atoms with Gasteiger partial charge in [-0.15, -0.1) is 0 Å². The van der Waals surface area contributed by atoms with Crippen LogP contribution in [0.15, 0.2) is 10.7 Å². The Kier molecular flexibility index (Phi) is 4.75. The second-order valence-electron chi connectivity index (χ2n) is 4.69. The van der Waals surface area contributed by atoms with Crippen LogP contribution >= 0.6 is 15.9 Å². The van der Waals surface area contributed by atoms with Crippen molar-refractivity contribution >= 4 is 15.9 Å². The largest absolute Gasteiger partial charge is 0.384 e. The minimum Gasteiger partial charge on any atom is -0.384 e. The highest BCUT2D eigenvalue weighted by Crippen LogP contribution is 2.36. The molecule has 0 radical (unpaired) electrons. The number of hydrogen-bond donors (Lipinski definition) is 1. The number of aliphatic hydroxyl groups excluding tert-OH is 1. The van der Waals surface area contributed by atoms with Crippen LogP contribution in [0.25, 0.3) is 0 Å². The minimum absolute atomic E-state index is 0.198. The fourth-order valence-electron chi connectivity index (χ4n) is 1.76. The molecule has 0 spiro atoms. The summed E-state index contributed by atoms with van der Waals surface area (Å²) in [5, 5.41) is 14.8. The van der Waals surface area contributed by atoms with E-state index in [1.54, 1.807) is 13.3 Å². The maximum Gasteiger partial charge on any atom is 0.125 e. The predicted molar refractivity (Wildman–Crippen MR) is 71.0 cm³/mol. The zero-order valence-corrected chi connectivity index (χ0v) is 12.7. The van der Waals surface area contributed by atoms with E-state index in [1.165, 1.54) is 0 Å². The Labute approximate surface area is 111 Å². The summed E-state index contributed by atoms with van der Waals surface area (Å²) in [6.07, 6.45) is 1.72. The monoisotopic (exact) mass is 304 g/mol. The Balaban J connectivity index is 3.19. The van der Waals surface area contributed by atoms with Gasteiger partial charge < -0.3 is 9.84 Å². The molecule has 1 aromatic heterocycles. The lowest BCUT2D eigenvalue weighted by atomic mass is 9.93. The molecule has 2 atom stereocenters. The van der Waals surface area contributed by atoms with Crippen LogP contribution in [-0.2, 0) is 4.74 Å². The van der Waals surface area contributed by atoms with Gasteiger partial charge in [0, 0.05) is 13.2 Å². The van der Waals surface area contributed by atoms with Gasteiger partial charge in [-0.2, -0.15) is 5.10 Å². The third kappa shape index (κ3) is 2.72. The average Bonchev–Trinajstić information content (AvgIpc) is 2.69. The molecule has 1 heterocycles.